The van der Waals surface area contributed by atoms with Crippen LogP contribution in [-0.2, 0) is 0 Å². The number of benzene rings is 1. The van der Waals surface area contributed by atoms with Crippen molar-refractivity contribution >= 4 is 15.9 Å². The number of hydrogen-bond acceptors (Lipinski definition) is 2. The average Bonchev–Trinajstić information content (AvgIpc) is 2.71. The van der Waals surface area contributed by atoms with E-state index < -0.39 is 0 Å². The summed E-state index contributed by atoms with van der Waals surface area (Å²) in [7, 11) is 1.66. The van der Waals surface area contributed by atoms with Crippen LogP contribution in [-0.4, -0.2) is 16.9 Å². The summed E-state index contributed by atoms with van der Waals surface area (Å²) in [5.41, 5.74) is 2.17. The van der Waals surface area contributed by atoms with Crippen molar-refractivity contribution in [2.75, 3.05) is 7.11 Å². The van der Waals surface area contributed by atoms with Crippen molar-refractivity contribution in [2.45, 2.75) is 6.92 Å². The molecule has 1 aromatic carbocycles. The highest BCUT2D eigenvalue weighted by atomic mass is 79.9. The van der Waals surface area contributed by atoms with Crippen LogP contribution in [0.5, 0.6) is 5.75 Å². The van der Waals surface area contributed by atoms with E-state index in [0.717, 1.165) is 21.5 Å². The fourth-order valence-electron chi connectivity index (χ4n) is 1.46. The Kier molecular flexibility index (Phi) is 2.77. The highest BCUT2D eigenvalue weighted by molar-refractivity contribution is 9.10. The molecular formula is C11H11BrN2O. The van der Waals surface area contributed by atoms with E-state index in [0.29, 0.717) is 0 Å². The minimum atomic E-state index is 0.811. The molecule has 0 saturated carbocycles. The SMILES string of the molecule is COc1cc(-n2cccn2)c(C)cc1Br. The van der Waals surface area contributed by atoms with Gasteiger partial charge in [-0.2, -0.15) is 5.10 Å². The molecule has 15 heavy (non-hydrogen) atoms. The Bertz CT molecular complexity index is 466. The molecule has 2 rings (SSSR count). The lowest BCUT2D eigenvalue weighted by Crippen LogP contribution is -1.98. The van der Waals surface area contributed by atoms with E-state index in [1.807, 2.05) is 36.0 Å². The molecule has 0 radical (unpaired) electrons. The predicted octanol–water partition coefficient (Wildman–Crippen LogP) is 2.95. The Hall–Kier alpha value is -1.29. The summed E-state index contributed by atoms with van der Waals surface area (Å²) < 4.78 is 8.03. The first-order valence-corrected chi connectivity index (χ1v) is 5.36. The van der Waals surface area contributed by atoms with Gasteiger partial charge in [0.25, 0.3) is 0 Å². The third kappa shape index (κ3) is 1.90. The molecule has 0 aliphatic carbocycles. The first kappa shape index (κ1) is 10.2. The van der Waals surface area contributed by atoms with Gasteiger partial charge < -0.3 is 4.74 Å². The molecule has 3 nitrogen and oxygen atoms in total. The van der Waals surface area contributed by atoms with E-state index in [1.165, 1.54) is 0 Å². The average molecular weight is 267 g/mol. The van der Waals surface area contributed by atoms with Crippen LogP contribution in [0.25, 0.3) is 5.69 Å². The van der Waals surface area contributed by atoms with Gasteiger partial charge in [-0.3, -0.25) is 0 Å². The molecule has 0 aliphatic rings. The molecule has 0 atom stereocenters. The van der Waals surface area contributed by atoms with Crippen molar-refractivity contribution in [3.8, 4) is 11.4 Å². The highest BCUT2D eigenvalue weighted by Gasteiger charge is 2.07. The van der Waals surface area contributed by atoms with E-state index in [2.05, 4.69) is 21.0 Å². The Morgan fingerprint density at radius 2 is 2.20 bits per heavy atom. The van der Waals surface area contributed by atoms with Gasteiger partial charge in [0.2, 0.25) is 0 Å². The largest absolute Gasteiger partial charge is 0.495 e. The Morgan fingerprint density at radius 1 is 1.40 bits per heavy atom. The molecule has 1 aromatic heterocycles. The van der Waals surface area contributed by atoms with Gasteiger partial charge in [0.15, 0.2) is 0 Å². The second-order valence-corrected chi connectivity index (χ2v) is 4.08. The van der Waals surface area contributed by atoms with Gasteiger partial charge in [-0.05, 0) is 40.5 Å². The van der Waals surface area contributed by atoms with Crippen LogP contribution in [0.2, 0.25) is 0 Å². The Morgan fingerprint density at radius 3 is 2.80 bits per heavy atom. The summed E-state index contributed by atoms with van der Waals surface area (Å²) >= 11 is 3.45. The second-order valence-electron chi connectivity index (χ2n) is 3.22. The topological polar surface area (TPSA) is 27.1 Å². The van der Waals surface area contributed by atoms with Crippen LogP contribution in [0, 0.1) is 6.92 Å². The molecule has 4 heteroatoms. The minimum Gasteiger partial charge on any atom is -0.495 e. The summed E-state index contributed by atoms with van der Waals surface area (Å²) in [6.07, 6.45) is 3.67. The zero-order valence-corrected chi connectivity index (χ0v) is 10.2. The van der Waals surface area contributed by atoms with Crippen molar-refractivity contribution in [1.29, 1.82) is 0 Å². The zero-order chi connectivity index (χ0) is 10.8. The van der Waals surface area contributed by atoms with E-state index in [9.17, 15) is 0 Å². The summed E-state index contributed by atoms with van der Waals surface area (Å²) in [5, 5.41) is 4.20. The molecule has 0 bridgehead atoms. The lowest BCUT2D eigenvalue weighted by molar-refractivity contribution is 0.411. The lowest BCUT2D eigenvalue weighted by atomic mass is 10.2. The second kappa shape index (κ2) is 4.06. The maximum atomic E-state index is 5.25. The number of ether oxygens (including phenoxy) is 1. The first-order chi connectivity index (χ1) is 7.22. The highest BCUT2D eigenvalue weighted by Crippen LogP contribution is 2.29. The van der Waals surface area contributed by atoms with Crippen molar-refractivity contribution < 1.29 is 4.74 Å². The summed E-state index contributed by atoms with van der Waals surface area (Å²) in [4.78, 5) is 0. The number of hydrogen-bond donors (Lipinski definition) is 0. The van der Waals surface area contributed by atoms with Gasteiger partial charge in [0.05, 0.1) is 17.3 Å². The maximum Gasteiger partial charge on any atom is 0.135 e. The number of rotatable bonds is 2. The van der Waals surface area contributed by atoms with Crippen LogP contribution in [0.1, 0.15) is 5.56 Å². The van der Waals surface area contributed by atoms with Crippen LogP contribution in [0.3, 0.4) is 0 Å². The first-order valence-electron chi connectivity index (χ1n) is 4.56. The van der Waals surface area contributed by atoms with Gasteiger partial charge in [0.1, 0.15) is 5.75 Å². The van der Waals surface area contributed by atoms with Crippen molar-refractivity contribution in [1.82, 2.24) is 9.78 Å². The van der Waals surface area contributed by atoms with Crippen LogP contribution in [0.4, 0.5) is 0 Å². The normalized spacial score (nSPS) is 10.3. The number of aryl methyl sites for hydroxylation is 1. The monoisotopic (exact) mass is 266 g/mol. The van der Waals surface area contributed by atoms with Gasteiger partial charge in [-0.1, -0.05) is 0 Å². The molecule has 78 valence electrons. The standard InChI is InChI=1S/C11H11BrN2O/c1-8-6-9(12)11(15-2)7-10(8)14-5-3-4-13-14/h3-7H,1-2H3. The molecule has 0 saturated heterocycles. The maximum absolute atomic E-state index is 5.25. The predicted molar refractivity (Wildman–Crippen MR) is 62.6 cm³/mol. The van der Waals surface area contributed by atoms with Crippen LogP contribution >= 0.6 is 15.9 Å². The number of aromatic nitrogens is 2. The lowest BCUT2D eigenvalue weighted by Gasteiger charge is -2.10. The zero-order valence-electron chi connectivity index (χ0n) is 8.57. The molecule has 1 heterocycles. The summed E-state index contributed by atoms with van der Waals surface area (Å²) in [6.45, 7) is 2.04. The molecule has 0 fully saturated rings. The van der Waals surface area contributed by atoms with Gasteiger partial charge in [-0.15, -0.1) is 0 Å². The van der Waals surface area contributed by atoms with Gasteiger partial charge >= 0.3 is 0 Å². The van der Waals surface area contributed by atoms with E-state index >= 15 is 0 Å². The van der Waals surface area contributed by atoms with E-state index in [4.69, 9.17) is 4.74 Å². The minimum absolute atomic E-state index is 0.811. The number of halogens is 1. The summed E-state index contributed by atoms with van der Waals surface area (Å²) in [5.74, 6) is 0.811. The molecule has 0 amide bonds. The van der Waals surface area contributed by atoms with Crippen molar-refractivity contribution in [3.05, 3.63) is 40.6 Å². The van der Waals surface area contributed by atoms with Crippen LogP contribution in [0.15, 0.2) is 35.1 Å². The Labute approximate surface area is 96.8 Å². The number of nitrogens with zero attached hydrogens (tertiary/aromatic N) is 2. The fourth-order valence-corrected chi connectivity index (χ4v) is 2.08. The van der Waals surface area contributed by atoms with Gasteiger partial charge in [-0.25, -0.2) is 4.68 Å². The molecule has 0 spiro atoms. The summed E-state index contributed by atoms with van der Waals surface area (Å²) in [6, 6.07) is 5.89. The number of methoxy groups -OCH3 is 1. The smallest absolute Gasteiger partial charge is 0.135 e. The molecule has 0 N–H and O–H groups in total. The van der Waals surface area contributed by atoms with Crippen LogP contribution < -0.4 is 4.74 Å². The van der Waals surface area contributed by atoms with E-state index in [1.54, 1.807) is 13.3 Å². The van der Waals surface area contributed by atoms with Crippen molar-refractivity contribution in [2.24, 2.45) is 0 Å². The molecular weight excluding hydrogens is 256 g/mol. The third-order valence-corrected chi connectivity index (χ3v) is 2.84. The quantitative estimate of drug-likeness (QED) is 0.836. The third-order valence-electron chi connectivity index (χ3n) is 2.22. The molecule has 0 unspecified atom stereocenters. The van der Waals surface area contributed by atoms with Gasteiger partial charge in [0, 0.05) is 18.5 Å². The fraction of sp³-hybridized carbons (Fsp3) is 0.182. The molecule has 0 aliphatic heterocycles. The van der Waals surface area contributed by atoms with Crippen molar-refractivity contribution in [3.63, 3.8) is 0 Å². The molecule has 2 aromatic rings. The Balaban J connectivity index is 2.57. The van der Waals surface area contributed by atoms with E-state index in [-0.39, 0.29) is 0 Å².